The Labute approximate surface area is 94.3 Å². The van der Waals surface area contributed by atoms with Crippen LogP contribution in [0, 0.1) is 0 Å². The fraction of sp³-hybridized carbons (Fsp3) is 0.417. The average Bonchev–Trinajstić information content (AvgIpc) is 2.59. The van der Waals surface area contributed by atoms with Crippen LogP contribution in [0.2, 0.25) is 0 Å². The number of fused-ring (bicyclic) bond motifs is 1. The minimum Gasteiger partial charge on any atom is -0.314 e. The molecular formula is C12H16N2S. The maximum absolute atomic E-state index is 4.61. The van der Waals surface area contributed by atoms with Crippen molar-refractivity contribution >= 4 is 21.6 Å². The highest BCUT2D eigenvalue weighted by Crippen LogP contribution is 2.22. The fourth-order valence-electron chi connectivity index (χ4n) is 1.69. The average molecular weight is 220 g/mol. The van der Waals surface area contributed by atoms with E-state index in [1.807, 2.05) is 6.07 Å². The molecule has 80 valence electrons. The smallest absolute Gasteiger partial charge is 0.0954 e. The zero-order valence-electron chi connectivity index (χ0n) is 9.16. The molecule has 0 bridgehead atoms. The molecule has 15 heavy (non-hydrogen) atoms. The molecule has 1 aromatic carbocycles. The Morgan fingerprint density at radius 3 is 2.93 bits per heavy atom. The molecule has 1 heterocycles. The van der Waals surface area contributed by atoms with E-state index in [1.54, 1.807) is 11.3 Å². The van der Waals surface area contributed by atoms with E-state index < -0.39 is 0 Å². The van der Waals surface area contributed by atoms with E-state index in [9.17, 15) is 0 Å². The van der Waals surface area contributed by atoms with Crippen molar-refractivity contribution in [3.05, 3.63) is 29.3 Å². The molecule has 1 aromatic heterocycles. The maximum Gasteiger partial charge on any atom is 0.0954 e. The van der Waals surface area contributed by atoms with E-state index in [1.165, 1.54) is 9.71 Å². The first-order valence-electron chi connectivity index (χ1n) is 5.37. The van der Waals surface area contributed by atoms with E-state index in [2.05, 4.69) is 42.3 Å². The van der Waals surface area contributed by atoms with Gasteiger partial charge in [-0.3, -0.25) is 0 Å². The molecule has 0 fully saturated rings. The molecule has 1 N–H and O–H groups in total. The molecule has 0 aliphatic carbocycles. The van der Waals surface area contributed by atoms with Crippen LogP contribution in [0.4, 0.5) is 0 Å². The van der Waals surface area contributed by atoms with Crippen LogP contribution in [0.1, 0.15) is 18.9 Å². The van der Waals surface area contributed by atoms with Gasteiger partial charge in [0.1, 0.15) is 0 Å². The molecule has 0 saturated carbocycles. The van der Waals surface area contributed by atoms with Crippen LogP contribution >= 0.6 is 11.3 Å². The van der Waals surface area contributed by atoms with Gasteiger partial charge in [0.05, 0.1) is 15.2 Å². The Balaban J connectivity index is 2.15. The number of aromatic nitrogens is 1. The van der Waals surface area contributed by atoms with E-state index in [-0.39, 0.29) is 0 Å². The normalized spacial score (nSPS) is 13.2. The van der Waals surface area contributed by atoms with Gasteiger partial charge >= 0.3 is 0 Å². The summed E-state index contributed by atoms with van der Waals surface area (Å²) in [7, 11) is 0. The lowest BCUT2D eigenvalue weighted by atomic mass is 10.2. The monoisotopic (exact) mass is 220 g/mol. The molecule has 0 spiro atoms. The predicted octanol–water partition coefficient (Wildman–Crippen LogP) is 2.84. The summed E-state index contributed by atoms with van der Waals surface area (Å²) >= 11 is 1.80. The highest BCUT2D eigenvalue weighted by molar-refractivity contribution is 7.18. The fourth-order valence-corrected chi connectivity index (χ4v) is 2.79. The molecule has 0 radical (unpaired) electrons. The lowest BCUT2D eigenvalue weighted by Crippen LogP contribution is -2.27. The zero-order chi connectivity index (χ0) is 10.7. The van der Waals surface area contributed by atoms with Gasteiger partial charge in [0.15, 0.2) is 0 Å². The molecule has 2 rings (SSSR count). The standard InChI is InChI=1S/C12H16N2S/c1-3-13-9(2)8-12-14-10-6-4-5-7-11(10)15-12/h4-7,9,13H,3,8H2,1-2H3. The molecule has 2 nitrogen and oxygen atoms in total. The summed E-state index contributed by atoms with van der Waals surface area (Å²) in [4.78, 5) is 4.61. The van der Waals surface area contributed by atoms with Gasteiger partial charge in [-0.1, -0.05) is 19.1 Å². The topological polar surface area (TPSA) is 24.9 Å². The molecule has 2 aromatic rings. The van der Waals surface area contributed by atoms with Gasteiger partial charge in [-0.05, 0) is 25.6 Å². The minimum atomic E-state index is 0.510. The van der Waals surface area contributed by atoms with Gasteiger partial charge in [-0.15, -0.1) is 11.3 Å². The van der Waals surface area contributed by atoms with Gasteiger partial charge in [-0.2, -0.15) is 0 Å². The molecule has 0 aliphatic rings. The number of hydrogen-bond donors (Lipinski definition) is 1. The van der Waals surface area contributed by atoms with Gasteiger partial charge in [0.25, 0.3) is 0 Å². The Morgan fingerprint density at radius 1 is 1.40 bits per heavy atom. The Hall–Kier alpha value is -0.930. The van der Waals surface area contributed by atoms with E-state index in [0.29, 0.717) is 6.04 Å². The first kappa shape index (κ1) is 10.6. The second-order valence-electron chi connectivity index (χ2n) is 3.74. The summed E-state index contributed by atoms with van der Waals surface area (Å²) in [6.45, 7) is 5.36. The molecule has 0 amide bonds. The molecule has 1 atom stereocenters. The van der Waals surface area contributed by atoms with Crippen LogP contribution in [0.5, 0.6) is 0 Å². The van der Waals surface area contributed by atoms with Gasteiger partial charge in [0, 0.05) is 12.5 Å². The van der Waals surface area contributed by atoms with Crippen LogP contribution in [-0.4, -0.2) is 17.6 Å². The van der Waals surface area contributed by atoms with Gasteiger partial charge < -0.3 is 5.32 Å². The van der Waals surface area contributed by atoms with Crippen LogP contribution < -0.4 is 5.32 Å². The van der Waals surface area contributed by atoms with E-state index >= 15 is 0 Å². The second-order valence-corrected chi connectivity index (χ2v) is 4.85. The number of para-hydroxylation sites is 1. The third-order valence-electron chi connectivity index (χ3n) is 2.37. The quantitative estimate of drug-likeness (QED) is 0.857. The summed E-state index contributed by atoms with van der Waals surface area (Å²) in [5, 5.41) is 4.63. The number of nitrogens with zero attached hydrogens (tertiary/aromatic N) is 1. The SMILES string of the molecule is CCNC(C)Cc1nc2ccccc2s1. The van der Waals surface area contributed by atoms with Gasteiger partial charge in [0.2, 0.25) is 0 Å². The summed E-state index contributed by atoms with van der Waals surface area (Å²) < 4.78 is 1.29. The third kappa shape index (κ3) is 2.55. The van der Waals surface area contributed by atoms with Gasteiger partial charge in [-0.25, -0.2) is 4.98 Å². The molecule has 1 unspecified atom stereocenters. The van der Waals surface area contributed by atoms with Crippen molar-refractivity contribution in [2.75, 3.05) is 6.54 Å². The summed E-state index contributed by atoms with van der Waals surface area (Å²) in [6, 6.07) is 8.83. The van der Waals surface area contributed by atoms with Crippen molar-refractivity contribution in [2.24, 2.45) is 0 Å². The Bertz CT molecular complexity index is 403. The zero-order valence-corrected chi connectivity index (χ0v) is 9.97. The third-order valence-corrected chi connectivity index (χ3v) is 3.43. The lowest BCUT2D eigenvalue weighted by molar-refractivity contribution is 0.564. The van der Waals surface area contributed by atoms with Crippen molar-refractivity contribution in [2.45, 2.75) is 26.3 Å². The van der Waals surface area contributed by atoms with E-state index in [4.69, 9.17) is 0 Å². The summed E-state index contributed by atoms with van der Waals surface area (Å²) in [5.41, 5.74) is 1.13. The molecule has 0 aliphatic heterocycles. The van der Waals surface area contributed by atoms with E-state index in [0.717, 1.165) is 18.5 Å². The molecular weight excluding hydrogens is 204 g/mol. The highest BCUT2D eigenvalue weighted by atomic mass is 32.1. The van der Waals surface area contributed by atoms with Crippen molar-refractivity contribution in [1.82, 2.24) is 10.3 Å². The first-order chi connectivity index (χ1) is 7.29. The maximum atomic E-state index is 4.61. The van der Waals surface area contributed by atoms with Crippen molar-refractivity contribution in [3.8, 4) is 0 Å². The van der Waals surface area contributed by atoms with Crippen molar-refractivity contribution in [1.29, 1.82) is 0 Å². The second kappa shape index (κ2) is 4.73. The summed E-state index contributed by atoms with van der Waals surface area (Å²) in [5.74, 6) is 0. The van der Waals surface area contributed by atoms with Crippen LogP contribution in [0.25, 0.3) is 10.2 Å². The highest BCUT2D eigenvalue weighted by Gasteiger charge is 2.06. The Morgan fingerprint density at radius 2 is 2.20 bits per heavy atom. The number of hydrogen-bond acceptors (Lipinski definition) is 3. The number of nitrogens with one attached hydrogen (secondary N) is 1. The predicted molar refractivity (Wildman–Crippen MR) is 66.5 cm³/mol. The number of benzene rings is 1. The molecule has 3 heteroatoms. The first-order valence-corrected chi connectivity index (χ1v) is 6.19. The number of rotatable bonds is 4. The van der Waals surface area contributed by atoms with Crippen LogP contribution in [0.15, 0.2) is 24.3 Å². The lowest BCUT2D eigenvalue weighted by Gasteiger charge is -2.08. The Kier molecular flexibility index (Phi) is 3.34. The largest absolute Gasteiger partial charge is 0.314 e. The molecule has 0 saturated heterocycles. The number of likely N-dealkylation sites (N-methyl/N-ethyl adjacent to an activating group) is 1. The van der Waals surface area contributed by atoms with Crippen molar-refractivity contribution < 1.29 is 0 Å². The van der Waals surface area contributed by atoms with Crippen LogP contribution in [-0.2, 0) is 6.42 Å². The number of thiazole rings is 1. The minimum absolute atomic E-state index is 0.510. The van der Waals surface area contributed by atoms with Crippen LogP contribution in [0.3, 0.4) is 0 Å². The van der Waals surface area contributed by atoms with Crippen molar-refractivity contribution in [3.63, 3.8) is 0 Å². The summed E-state index contributed by atoms with van der Waals surface area (Å²) in [6.07, 6.45) is 1.02.